The lowest BCUT2D eigenvalue weighted by Crippen LogP contribution is -2.38. The van der Waals surface area contributed by atoms with E-state index in [0.29, 0.717) is 24.6 Å². The van der Waals surface area contributed by atoms with E-state index in [1.807, 2.05) is 41.3 Å². The molecule has 2 aromatic carbocycles. The van der Waals surface area contributed by atoms with E-state index in [2.05, 4.69) is 4.98 Å². The number of H-pyrrole nitrogens is 1. The minimum atomic E-state index is -0.0391. The van der Waals surface area contributed by atoms with Crippen molar-refractivity contribution in [3.05, 3.63) is 53.7 Å². The number of carbonyl (C=O) groups excluding carboxylic acids is 1. The number of rotatable bonds is 5. The molecule has 3 aromatic rings. The molecule has 0 unspecified atom stereocenters. The topological polar surface area (TPSA) is 63.8 Å². The number of aromatic amines is 1. The number of amides is 1. The molecule has 6 heteroatoms. The molecular weight excluding hydrogens is 344 g/mol. The molecule has 0 saturated heterocycles. The Labute approximate surface area is 157 Å². The minimum absolute atomic E-state index is 0.0102. The molecule has 0 spiro atoms. The average Bonchev–Trinajstić information content (AvgIpc) is 3.08. The maximum atomic E-state index is 12.6. The lowest BCUT2D eigenvalue weighted by molar-refractivity contribution is -0.134. The summed E-state index contributed by atoms with van der Waals surface area (Å²) in [6.45, 7) is 1.22. The Morgan fingerprint density at radius 3 is 2.70 bits per heavy atom. The number of hydrogen-bond donors (Lipinski definition) is 1. The number of nitrogens with one attached hydrogen (secondary N) is 1. The summed E-state index contributed by atoms with van der Waals surface area (Å²) in [5, 5.41) is 1.17. The van der Waals surface area contributed by atoms with Gasteiger partial charge in [0, 0.05) is 23.1 Å². The minimum Gasteiger partial charge on any atom is -0.497 e. The summed E-state index contributed by atoms with van der Waals surface area (Å²) >= 11 is 0. The average molecular weight is 366 g/mol. The molecule has 6 nitrogen and oxygen atoms in total. The van der Waals surface area contributed by atoms with Crippen LogP contribution in [-0.4, -0.2) is 43.2 Å². The van der Waals surface area contributed by atoms with Gasteiger partial charge in [0.25, 0.3) is 5.91 Å². The Morgan fingerprint density at radius 2 is 1.93 bits per heavy atom. The van der Waals surface area contributed by atoms with Crippen LogP contribution in [0.25, 0.3) is 10.9 Å². The van der Waals surface area contributed by atoms with Crippen LogP contribution in [0.2, 0.25) is 0 Å². The largest absolute Gasteiger partial charge is 0.497 e. The Kier molecular flexibility index (Phi) is 4.62. The van der Waals surface area contributed by atoms with Gasteiger partial charge in [-0.3, -0.25) is 4.79 Å². The van der Waals surface area contributed by atoms with E-state index in [0.717, 1.165) is 23.4 Å². The van der Waals surface area contributed by atoms with Crippen LogP contribution in [0.1, 0.15) is 11.3 Å². The molecule has 4 rings (SSSR count). The number of para-hydroxylation sites is 2. The number of methoxy groups -OCH3 is 2. The summed E-state index contributed by atoms with van der Waals surface area (Å²) in [6.07, 6.45) is 0.808. The van der Waals surface area contributed by atoms with Crippen LogP contribution >= 0.6 is 0 Å². The highest BCUT2D eigenvalue weighted by atomic mass is 16.5. The summed E-state index contributed by atoms with van der Waals surface area (Å²) in [6, 6.07) is 13.3. The number of aromatic nitrogens is 1. The van der Waals surface area contributed by atoms with E-state index in [9.17, 15) is 4.79 Å². The highest BCUT2D eigenvalue weighted by Gasteiger charge is 2.24. The molecule has 0 bridgehead atoms. The number of fused-ring (bicyclic) bond motifs is 3. The molecule has 0 fully saturated rings. The van der Waals surface area contributed by atoms with Crippen LogP contribution in [0, 0.1) is 0 Å². The van der Waals surface area contributed by atoms with Crippen molar-refractivity contribution in [3.63, 3.8) is 0 Å². The van der Waals surface area contributed by atoms with E-state index < -0.39 is 0 Å². The fourth-order valence-corrected chi connectivity index (χ4v) is 3.53. The van der Waals surface area contributed by atoms with Crippen LogP contribution in [0.5, 0.6) is 17.2 Å². The van der Waals surface area contributed by atoms with E-state index in [1.165, 1.54) is 10.9 Å². The van der Waals surface area contributed by atoms with Gasteiger partial charge in [0.2, 0.25) is 0 Å². The Hall–Kier alpha value is -3.15. The van der Waals surface area contributed by atoms with Gasteiger partial charge in [0.05, 0.1) is 20.8 Å². The molecule has 140 valence electrons. The first kappa shape index (κ1) is 17.3. The fraction of sp³-hybridized carbons (Fsp3) is 0.286. The molecule has 1 N–H and O–H groups in total. The van der Waals surface area contributed by atoms with Crippen LogP contribution in [0.4, 0.5) is 0 Å². The van der Waals surface area contributed by atoms with Crippen molar-refractivity contribution < 1.29 is 19.0 Å². The predicted molar refractivity (Wildman–Crippen MR) is 102 cm³/mol. The molecule has 1 aliphatic heterocycles. The van der Waals surface area contributed by atoms with Gasteiger partial charge in [-0.15, -0.1) is 0 Å². The smallest absolute Gasteiger partial charge is 0.260 e. The number of carbonyl (C=O) groups is 1. The van der Waals surface area contributed by atoms with Gasteiger partial charge < -0.3 is 24.1 Å². The van der Waals surface area contributed by atoms with E-state index in [1.54, 1.807) is 20.3 Å². The maximum Gasteiger partial charge on any atom is 0.260 e. The van der Waals surface area contributed by atoms with Crippen LogP contribution in [0.15, 0.2) is 42.5 Å². The zero-order valence-electron chi connectivity index (χ0n) is 15.5. The van der Waals surface area contributed by atoms with Gasteiger partial charge in [-0.1, -0.05) is 12.1 Å². The van der Waals surface area contributed by atoms with E-state index in [4.69, 9.17) is 14.2 Å². The Bertz CT molecular complexity index is 979. The molecule has 27 heavy (non-hydrogen) atoms. The van der Waals surface area contributed by atoms with Crippen molar-refractivity contribution in [2.75, 3.05) is 27.4 Å². The first-order valence-electron chi connectivity index (χ1n) is 8.90. The summed E-state index contributed by atoms with van der Waals surface area (Å²) in [4.78, 5) is 17.9. The van der Waals surface area contributed by atoms with Gasteiger partial charge in [0.1, 0.15) is 5.75 Å². The monoisotopic (exact) mass is 366 g/mol. The molecule has 1 amide bonds. The van der Waals surface area contributed by atoms with E-state index in [-0.39, 0.29) is 12.5 Å². The predicted octanol–water partition coefficient (Wildman–Crippen LogP) is 3.15. The molecule has 0 saturated carbocycles. The van der Waals surface area contributed by atoms with Crippen molar-refractivity contribution in [3.8, 4) is 17.2 Å². The maximum absolute atomic E-state index is 12.6. The zero-order valence-corrected chi connectivity index (χ0v) is 15.5. The molecule has 1 aromatic heterocycles. The molecule has 0 aliphatic carbocycles. The fourth-order valence-electron chi connectivity index (χ4n) is 3.53. The normalized spacial score (nSPS) is 13.3. The molecular formula is C21H22N2O4. The van der Waals surface area contributed by atoms with Gasteiger partial charge >= 0.3 is 0 Å². The lowest BCUT2D eigenvalue weighted by Gasteiger charge is -2.27. The summed E-state index contributed by atoms with van der Waals surface area (Å²) in [5.41, 5.74) is 3.41. The summed E-state index contributed by atoms with van der Waals surface area (Å²) in [5.74, 6) is 2.00. The SMILES string of the molecule is COc1ccc2[nH]c3c(c2c1)CCN(C(=O)COc1ccccc1OC)C3. The van der Waals surface area contributed by atoms with Crippen molar-refractivity contribution in [1.29, 1.82) is 0 Å². The number of benzene rings is 2. The van der Waals surface area contributed by atoms with E-state index >= 15 is 0 Å². The number of hydrogen-bond acceptors (Lipinski definition) is 4. The van der Waals surface area contributed by atoms with Crippen molar-refractivity contribution >= 4 is 16.8 Å². The highest BCUT2D eigenvalue weighted by molar-refractivity contribution is 5.87. The van der Waals surface area contributed by atoms with Gasteiger partial charge in [-0.25, -0.2) is 0 Å². The first-order valence-corrected chi connectivity index (χ1v) is 8.90. The molecule has 2 heterocycles. The van der Waals surface area contributed by atoms with Gasteiger partial charge in [0.15, 0.2) is 18.1 Å². The summed E-state index contributed by atoms with van der Waals surface area (Å²) in [7, 11) is 3.25. The van der Waals surface area contributed by atoms with Gasteiger partial charge in [-0.2, -0.15) is 0 Å². The van der Waals surface area contributed by atoms with Crippen LogP contribution in [0.3, 0.4) is 0 Å². The number of nitrogens with zero attached hydrogens (tertiary/aromatic N) is 1. The first-order chi connectivity index (χ1) is 13.2. The number of ether oxygens (including phenoxy) is 3. The third-order valence-electron chi connectivity index (χ3n) is 4.96. The Balaban J connectivity index is 1.47. The molecule has 1 aliphatic rings. The second kappa shape index (κ2) is 7.23. The molecule has 0 radical (unpaired) electrons. The van der Waals surface area contributed by atoms with Crippen LogP contribution in [-0.2, 0) is 17.8 Å². The van der Waals surface area contributed by atoms with Crippen molar-refractivity contribution in [2.45, 2.75) is 13.0 Å². The standard InChI is InChI=1S/C21H22N2O4/c1-25-14-7-8-17-16(11-14)15-9-10-23(12-18(15)22-17)21(24)13-27-20-6-4-3-5-19(20)26-2/h3-8,11,22H,9-10,12-13H2,1-2H3. The third kappa shape index (κ3) is 3.30. The summed E-state index contributed by atoms with van der Waals surface area (Å²) < 4.78 is 16.3. The van der Waals surface area contributed by atoms with Crippen molar-refractivity contribution in [1.82, 2.24) is 9.88 Å². The zero-order chi connectivity index (χ0) is 18.8. The van der Waals surface area contributed by atoms with Gasteiger partial charge in [-0.05, 0) is 42.3 Å². The third-order valence-corrected chi connectivity index (χ3v) is 4.96. The highest BCUT2D eigenvalue weighted by Crippen LogP contribution is 2.30. The Morgan fingerprint density at radius 1 is 1.11 bits per heavy atom. The molecule has 0 atom stereocenters. The quantitative estimate of drug-likeness (QED) is 0.753. The second-order valence-corrected chi connectivity index (χ2v) is 6.50. The van der Waals surface area contributed by atoms with Crippen molar-refractivity contribution in [2.24, 2.45) is 0 Å². The lowest BCUT2D eigenvalue weighted by atomic mass is 10.0. The van der Waals surface area contributed by atoms with Crippen LogP contribution < -0.4 is 14.2 Å². The second-order valence-electron chi connectivity index (χ2n) is 6.50.